The summed E-state index contributed by atoms with van der Waals surface area (Å²) in [5.74, 6) is 0.147. The predicted octanol–water partition coefficient (Wildman–Crippen LogP) is 4.18. The Morgan fingerprint density at radius 2 is 1.93 bits per heavy atom. The van der Waals surface area contributed by atoms with E-state index in [1.54, 1.807) is 24.1 Å². The van der Waals surface area contributed by atoms with Gasteiger partial charge in [-0.25, -0.2) is 4.98 Å². The number of para-hydroxylation sites is 1. The first-order valence-electron chi connectivity index (χ1n) is 9.67. The number of methoxy groups -OCH3 is 1. The number of aromatic nitrogens is 1. The van der Waals surface area contributed by atoms with E-state index >= 15 is 0 Å². The molecule has 0 spiro atoms. The van der Waals surface area contributed by atoms with Crippen LogP contribution in [0.4, 0.5) is 5.13 Å². The molecule has 3 rings (SSSR count). The van der Waals surface area contributed by atoms with Gasteiger partial charge in [-0.3, -0.25) is 9.59 Å². The van der Waals surface area contributed by atoms with Crippen molar-refractivity contribution >= 4 is 28.3 Å². The van der Waals surface area contributed by atoms with Gasteiger partial charge in [-0.2, -0.15) is 0 Å². The number of ether oxygens (including phenoxy) is 1. The molecule has 1 aromatic heterocycles. The molecule has 1 saturated carbocycles. The maximum Gasteiger partial charge on any atom is 0.258 e. The second-order valence-electron chi connectivity index (χ2n) is 7.13. The number of hydrogen-bond acceptors (Lipinski definition) is 5. The fraction of sp³-hybridized carbons (Fsp3) is 0.476. The quantitative estimate of drug-likeness (QED) is 0.788. The lowest BCUT2D eigenvalue weighted by molar-refractivity contribution is -0.117. The molecule has 6 nitrogen and oxygen atoms in total. The zero-order valence-corrected chi connectivity index (χ0v) is 17.5. The average molecular weight is 402 g/mol. The van der Waals surface area contributed by atoms with Crippen LogP contribution in [-0.4, -0.2) is 41.4 Å². The second kappa shape index (κ2) is 9.19. The summed E-state index contributed by atoms with van der Waals surface area (Å²) >= 11 is 1.45. The summed E-state index contributed by atoms with van der Waals surface area (Å²) in [6.45, 7) is 3.91. The van der Waals surface area contributed by atoms with Gasteiger partial charge in [0, 0.05) is 10.9 Å². The standard InChI is InChI=1S/C21H27N3O3S/c1-14-15(2)28-21(22-14)23-19(25)13-24(16-9-5-4-6-10-16)20(26)17-11-7-8-12-18(17)27-3/h7-8,11-12,16H,4-6,9-10,13H2,1-3H3,(H,22,23,25). The predicted molar refractivity (Wildman–Crippen MR) is 111 cm³/mol. The highest BCUT2D eigenvalue weighted by Gasteiger charge is 2.29. The summed E-state index contributed by atoms with van der Waals surface area (Å²) in [6, 6.07) is 7.24. The summed E-state index contributed by atoms with van der Waals surface area (Å²) in [5, 5.41) is 3.43. The van der Waals surface area contributed by atoms with Gasteiger partial charge in [0.05, 0.1) is 18.4 Å². The molecule has 0 unspecified atom stereocenters. The second-order valence-corrected chi connectivity index (χ2v) is 8.34. The van der Waals surface area contributed by atoms with Crippen LogP contribution in [-0.2, 0) is 4.79 Å². The van der Waals surface area contributed by atoms with Crippen LogP contribution < -0.4 is 10.1 Å². The topological polar surface area (TPSA) is 71.5 Å². The van der Waals surface area contributed by atoms with E-state index in [1.807, 2.05) is 26.0 Å². The highest BCUT2D eigenvalue weighted by Crippen LogP contribution is 2.27. The molecule has 2 amide bonds. The van der Waals surface area contributed by atoms with E-state index in [0.717, 1.165) is 36.3 Å². The summed E-state index contributed by atoms with van der Waals surface area (Å²) in [4.78, 5) is 33.2. The molecule has 150 valence electrons. The number of aryl methyl sites for hydroxylation is 2. The van der Waals surface area contributed by atoms with Gasteiger partial charge < -0.3 is 15.0 Å². The van der Waals surface area contributed by atoms with E-state index in [0.29, 0.717) is 16.4 Å². The van der Waals surface area contributed by atoms with Crippen molar-refractivity contribution in [3.8, 4) is 5.75 Å². The van der Waals surface area contributed by atoms with Crippen LogP contribution in [0.3, 0.4) is 0 Å². The van der Waals surface area contributed by atoms with E-state index in [9.17, 15) is 9.59 Å². The van der Waals surface area contributed by atoms with Gasteiger partial charge in [-0.1, -0.05) is 31.4 Å². The first-order chi connectivity index (χ1) is 13.5. The minimum absolute atomic E-state index is 0.0131. The largest absolute Gasteiger partial charge is 0.496 e. The highest BCUT2D eigenvalue weighted by molar-refractivity contribution is 7.15. The third-order valence-corrected chi connectivity index (χ3v) is 6.19. The molecule has 0 radical (unpaired) electrons. The number of thiazole rings is 1. The molecule has 2 aromatic rings. The van der Waals surface area contributed by atoms with E-state index in [2.05, 4.69) is 10.3 Å². The van der Waals surface area contributed by atoms with Crippen molar-refractivity contribution < 1.29 is 14.3 Å². The van der Waals surface area contributed by atoms with Crippen molar-refractivity contribution in [2.75, 3.05) is 19.0 Å². The number of hydrogen-bond donors (Lipinski definition) is 1. The Morgan fingerprint density at radius 3 is 2.57 bits per heavy atom. The lowest BCUT2D eigenvalue weighted by Crippen LogP contribution is -2.45. The molecule has 28 heavy (non-hydrogen) atoms. The van der Waals surface area contributed by atoms with Gasteiger partial charge in [-0.05, 0) is 38.8 Å². The third kappa shape index (κ3) is 4.70. The molecule has 0 atom stereocenters. The van der Waals surface area contributed by atoms with Gasteiger partial charge in [0.1, 0.15) is 12.3 Å². The van der Waals surface area contributed by atoms with Gasteiger partial charge >= 0.3 is 0 Å². The number of benzene rings is 1. The monoisotopic (exact) mass is 401 g/mol. The van der Waals surface area contributed by atoms with E-state index in [4.69, 9.17) is 4.74 Å². The number of carbonyl (C=O) groups excluding carboxylic acids is 2. The van der Waals surface area contributed by atoms with Crippen LogP contribution in [0.25, 0.3) is 0 Å². The number of rotatable bonds is 6. The molecule has 1 aromatic carbocycles. The van der Waals surface area contributed by atoms with Crippen molar-refractivity contribution in [1.29, 1.82) is 0 Å². The normalized spacial score (nSPS) is 14.5. The Morgan fingerprint density at radius 1 is 1.21 bits per heavy atom. The van der Waals surface area contributed by atoms with Crippen molar-refractivity contribution in [1.82, 2.24) is 9.88 Å². The lowest BCUT2D eigenvalue weighted by Gasteiger charge is -2.34. The Balaban J connectivity index is 1.80. The molecule has 1 aliphatic rings. The maximum absolute atomic E-state index is 13.3. The maximum atomic E-state index is 13.3. The zero-order chi connectivity index (χ0) is 20.1. The smallest absolute Gasteiger partial charge is 0.258 e. The van der Waals surface area contributed by atoms with Gasteiger partial charge in [-0.15, -0.1) is 11.3 Å². The molecule has 1 fully saturated rings. The van der Waals surface area contributed by atoms with Gasteiger partial charge in [0.25, 0.3) is 5.91 Å². The number of nitrogens with zero attached hydrogens (tertiary/aromatic N) is 2. The van der Waals surface area contributed by atoms with Crippen LogP contribution in [0.5, 0.6) is 5.75 Å². The minimum Gasteiger partial charge on any atom is -0.496 e. The van der Waals surface area contributed by atoms with Crippen molar-refractivity contribution in [3.05, 3.63) is 40.4 Å². The number of anilines is 1. The fourth-order valence-corrected chi connectivity index (χ4v) is 4.41. The molecule has 1 N–H and O–H groups in total. The summed E-state index contributed by atoms with van der Waals surface area (Å²) in [6.07, 6.45) is 5.17. The fourth-order valence-electron chi connectivity index (χ4n) is 3.58. The van der Waals surface area contributed by atoms with Crippen LogP contribution in [0.15, 0.2) is 24.3 Å². The van der Waals surface area contributed by atoms with Gasteiger partial charge in [0.2, 0.25) is 5.91 Å². The molecule has 0 aliphatic heterocycles. The van der Waals surface area contributed by atoms with Gasteiger partial charge in [0.15, 0.2) is 5.13 Å². The average Bonchev–Trinajstić information content (AvgIpc) is 3.03. The van der Waals surface area contributed by atoms with E-state index < -0.39 is 0 Å². The molecular weight excluding hydrogens is 374 g/mol. The van der Waals surface area contributed by atoms with Crippen molar-refractivity contribution in [2.45, 2.75) is 52.0 Å². The Hall–Kier alpha value is -2.41. The molecule has 0 saturated heterocycles. The Labute approximate surface area is 169 Å². The first kappa shape index (κ1) is 20.3. The van der Waals surface area contributed by atoms with Crippen LogP contribution >= 0.6 is 11.3 Å². The summed E-state index contributed by atoms with van der Waals surface area (Å²) in [5.41, 5.74) is 1.40. The van der Waals surface area contributed by atoms with E-state index in [-0.39, 0.29) is 24.4 Å². The SMILES string of the molecule is COc1ccccc1C(=O)N(CC(=O)Nc1nc(C)c(C)s1)C1CCCCC1. The van der Waals surface area contributed by atoms with E-state index in [1.165, 1.54) is 17.8 Å². The van der Waals surface area contributed by atoms with Crippen molar-refractivity contribution in [2.24, 2.45) is 0 Å². The minimum atomic E-state index is -0.220. The lowest BCUT2D eigenvalue weighted by atomic mass is 9.93. The number of amides is 2. The molecule has 1 aliphatic carbocycles. The first-order valence-corrected chi connectivity index (χ1v) is 10.5. The zero-order valence-electron chi connectivity index (χ0n) is 16.7. The molecule has 1 heterocycles. The number of carbonyl (C=O) groups is 2. The molecule has 7 heteroatoms. The summed E-state index contributed by atoms with van der Waals surface area (Å²) in [7, 11) is 1.55. The van der Waals surface area contributed by atoms with Crippen LogP contribution in [0.2, 0.25) is 0 Å². The van der Waals surface area contributed by atoms with Crippen molar-refractivity contribution in [3.63, 3.8) is 0 Å². The third-order valence-electron chi connectivity index (χ3n) is 5.20. The number of nitrogens with one attached hydrogen (secondary N) is 1. The van der Waals surface area contributed by atoms with Crippen LogP contribution in [0, 0.1) is 13.8 Å². The molecular formula is C21H27N3O3S. The Bertz CT molecular complexity index is 824. The van der Waals surface area contributed by atoms with Crippen LogP contribution in [0.1, 0.15) is 53.0 Å². The summed E-state index contributed by atoms with van der Waals surface area (Å²) < 4.78 is 5.36. The Kier molecular flexibility index (Phi) is 6.67. The molecule has 0 bridgehead atoms. The highest BCUT2D eigenvalue weighted by atomic mass is 32.1.